The van der Waals surface area contributed by atoms with Gasteiger partial charge in [0.05, 0.1) is 5.56 Å². The van der Waals surface area contributed by atoms with Crippen molar-refractivity contribution in [2.24, 2.45) is 5.73 Å². The van der Waals surface area contributed by atoms with Gasteiger partial charge in [0, 0.05) is 18.6 Å². The minimum Gasteiger partial charge on any atom is -0.396 e. The molecule has 0 heterocycles. The van der Waals surface area contributed by atoms with E-state index in [1.54, 1.807) is 6.07 Å². The monoisotopic (exact) mass is 261 g/mol. The lowest BCUT2D eigenvalue weighted by molar-refractivity contribution is -0.138. The molecule has 1 aromatic carbocycles. The number of aliphatic hydroxyl groups excluding tert-OH is 1. The van der Waals surface area contributed by atoms with Crippen LogP contribution in [-0.4, -0.2) is 17.8 Å². The first-order valence-corrected chi connectivity index (χ1v) is 5.94. The van der Waals surface area contributed by atoms with E-state index in [0.29, 0.717) is 6.42 Å². The van der Waals surface area contributed by atoms with E-state index < -0.39 is 17.7 Å². The van der Waals surface area contributed by atoms with Crippen LogP contribution in [0.1, 0.15) is 36.8 Å². The molecule has 0 fully saturated rings. The van der Waals surface area contributed by atoms with Crippen LogP contribution in [0, 0.1) is 0 Å². The van der Waals surface area contributed by atoms with Crippen molar-refractivity contribution in [3.63, 3.8) is 0 Å². The molecule has 5 heteroatoms. The van der Waals surface area contributed by atoms with Gasteiger partial charge in [0.2, 0.25) is 0 Å². The predicted molar refractivity (Wildman–Crippen MR) is 64.2 cm³/mol. The summed E-state index contributed by atoms with van der Waals surface area (Å²) >= 11 is 0. The van der Waals surface area contributed by atoms with Crippen molar-refractivity contribution < 1.29 is 18.3 Å². The molecule has 0 radical (unpaired) electrons. The molecule has 0 saturated heterocycles. The summed E-state index contributed by atoms with van der Waals surface area (Å²) in [5, 5.41) is 9.00. The Kier molecular flexibility index (Phi) is 5.16. The highest BCUT2D eigenvalue weighted by atomic mass is 19.4. The topological polar surface area (TPSA) is 46.2 Å². The van der Waals surface area contributed by atoms with E-state index in [9.17, 15) is 13.2 Å². The minimum absolute atomic E-state index is 0.174. The van der Waals surface area contributed by atoms with E-state index in [2.05, 4.69) is 0 Å². The number of benzene rings is 1. The molecule has 0 aliphatic carbocycles. The quantitative estimate of drug-likeness (QED) is 0.856. The molecular formula is C13H18F3NO. The summed E-state index contributed by atoms with van der Waals surface area (Å²) in [5.74, 6) is -0.474. The Balaban J connectivity index is 3.19. The maximum Gasteiger partial charge on any atom is 0.416 e. The van der Waals surface area contributed by atoms with E-state index in [1.807, 2.05) is 6.92 Å². The summed E-state index contributed by atoms with van der Waals surface area (Å²) in [7, 11) is 0. The maximum absolute atomic E-state index is 12.9. The molecule has 0 saturated carbocycles. The van der Waals surface area contributed by atoms with E-state index in [4.69, 9.17) is 10.8 Å². The minimum atomic E-state index is -4.39. The number of aliphatic hydroxyl groups is 1. The van der Waals surface area contributed by atoms with Crippen LogP contribution < -0.4 is 5.73 Å². The molecule has 1 aromatic rings. The fraction of sp³-hybridized carbons (Fsp3) is 0.538. The lowest BCUT2D eigenvalue weighted by atomic mass is 9.85. The van der Waals surface area contributed by atoms with E-state index >= 15 is 0 Å². The number of alkyl halides is 3. The lowest BCUT2D eigenvalue weighted by Crippen LogP contribution is -2.30. The van der Waals surface area contributed by atoms with Crippen molar-refractivity contribution in [3.05, 3.63) is 35.4 Å². The molecule has 18 heavy (non-hydrogen) atoms. The van der Waals surface area contributed by atoms with Gasteiger partial charge in [-0.05, 0) is 24.5 Å². The van der Waals surface area contributed by atoms with E-state index in [1.165, 1.54) is 12.1 Å². The molecule has 0 amide bonds. The standard InChI is InChI=1S/C13H18F3NO/c1-2-12(17)10(7-8-18)9-5-3-4-6-11(9)13(14,15)16/h3-6,10,12,18H,2,7-8,17H2,1H3. The number of nitrogens with two attached hydrogens (primary N) is 1. The average molecular weight is 261 g/mol. The third kappa shape index (κ3) is 3.46. The molecule has 0 bridgehead atoms. The largest absolute Gasteiger partial charge is 0.416 e. The van der Waals surface area contributed by atoms with Gasteiger partial charge in [-0.3, -0.25) is 0 Å². The van der Waals surface area contributed by atoms with Crippen LogP contribution in [0.15, 0.2) is 24.3 Å². The van der Waals surface area contributed by atoms with Crippen LogP contribution in [-0.2, 0) is 6.18 Å². The molecule has 1 rings (SSSR count). The Morgan fingerprint density at radius 3 is 2.39 bits per heavy atom. The first-order chi connectivity index (χ1) is 8.41. The van der Waals surface area contributed by atoms with Crippen molar-refractivity contribution in [1.29, 1.82) is 0 Å². The van der Waals surface area contributed by atoms with Crippen LogP contribution in [0.5, 0.6) is 0 Å². The molecule has 102 valence electrons. The zero-order valence-electron chi connectivity index (χ0n) is 10.2. The fourth-order valence-corrected chi connectivity index (χ4v) is 2.10. The zero-order valence-corrected chi connectivity index (χ0v) is 10.2. The van der Waals surface area contributed by atoms with Gasteiger partial charge in [-0.25, -0.2) is 0 Å². The smallest absolute Gasteiger partial charge is 0.396 e. The fourth-order valence-electron chi connectivity index (χ4n) is 2.10. The Hall–Kier alpha value is -1.07. The van der Waals surface area contributed by atoms with Crippen molar-refractivity contribution in [1.82, 2.24) is 0 Å². The van der Waals surface area contributed by atoms with Gasteiger partial charge >= 0.3 is 6.18 Å². The molecular weight excluding hydrogens is 243 g/mol. The Bertz CT molecular complexity index is 379. The second-order valence-electron chi connectivity index (χ2n) is 4.28. The summed E-state index contributed by atoms with van der Waals surface area (Å²) in [4.78, 5) is 0. The van der Waals surface area contributed by atoms with Gasteiger partial charge in [-0.15, -0.1) is 0 Å². The Morgan fingerprint density at radius 1 is 1.28 bits per heavy atom. The first kappa shape index (κ1) is 15.0. The lowest BCUT2D eigenvalue weighted by Gasteiger charge is -2.25. The summed E-state index contributed by atoms with van der Waals surface area (Å²) in [6, 6.07) is 5.04. The zero-order chi connectivity index (χ0) is 13.8. The summed E-state index contributed by atoms with van der Waals surface area (Å²) < 4.78 is 38.7. The van der Waals surface area contributed by atoms with Gasteiger partial charge in [0.15, 0.2) is 0 Å². The van der Waals surface area contributed by atoms with Crippen LogP contribution in [0.2, 0.25) is 0 Å². The average Bonchev–Trinajstić information content (AvgIpc) is 2.34. The highest BCUT2D eigenvalue weighted by Crippen LogP contribution is 2.37. The molecule has 2 nitrogen and oxygen atoms in total. The normalized spacial score (nSPS) is 15.4. The molecule has 0 aliphatic heterocycles. The second kappa shape index (κ2) is 6.20. The van der Waals surface area contributed by atoms with Gasteiger partial charge in [-0.2, -0.15) is 13.2 Å². The van der Waals surface area contributed by atoms with E-state index in [-0.39, 0.29) is 24.6 Å². The van der Waals surface area contributed by atoms with Crippen LogP contribution in [0.25, 0.3) is 0 Å². The van der Waals surface area contributed by atoms with Gasteiger partial charge in [0.1, 0.15) is 0 Å². The van der Waals surface area contributed by atoms with Crippen LogP contribution in [0.3, 0.4) is 0 Å². The number of hydrogen-bond acceptors (Lipinski definition) is 2. The van der Waals surface area contributed by atoms with Crippen molar-refractivity contribution >= 4 is 0 Å². The van der Waals surface area contributed by atoms with E-state index in [0.717, 1.165) is 6.07 Å². The van der Waals surface area contributed by atoms with Crippen LogP contribution in [0.4, 0.5) is 13.2 Å². The highest BCUT2D eigenvalue weighted by molar-refractivity contribution is 5.33. The third-order valence-corrected chi connectivity index (χ3v) is 3.09. The molecule has 0 aromatic heterocycles. The maximum atomic E-state index is 12.9. The number of hydrogen-bond donors (Lipinski definition) is 2. The predicted octanol–water partition coefficient (Wildman–Crippen LogP) is 2.91. The summed E-state index contributed by atoms with van der Waals surface area (Å²) in [5.41, 5.74) is 5.38. The van der Waals surface area contributed by atoms with Crippen molar-refractivity contribution in [2.75, 3.05) is 6.61 Å². The second-order valence-corrected chi connectivity index (χ2v) is 4.28. The van der Waals surface area contributed by atoms with Crippen molar-refractivity contribution in [3.8, 4) is 0 Å². The molecule has 2 unspecified atom stereocenters. The Labute approximate surface area is 105 Å². The Morgan fingerprint density at radius 2 is 1.89 bits per heavy atom. The third-order valence-electron chi connectivity index (χ3n) is 3.09. The van der Waals surface area contributed by atoms with Gasteiger partial charge in [-0.1, -0.05) is 25.1 Å². The molecule has 0 spiro atoms. The van der Waals surface area contributed by atoms with Crippen molar-refractivity contribution in [2.45, 2.75) is 37.9 Å². The molecule has 0 aliphatic rings. The highest BCUT2D eigenvalue weighted by Gasteiger charge is 2.35. The summed E-state index contributed by atoms with van der Waals surface area (Å²) in [6.45, 7) is 1.65. The number of rotatable bonds is 5. The summed E-state index contributed by atoms with van der Waals surface area (Å²) in [6.07, 6.45) is -3.59. The van der Waals surface area contributed by atoms with Gasteiger partial charge in [0.25, 0.3) is 0 Å². The van der Waals surface area contributed by atoms with Crippen LogP contribution >= 0.6 is 0 Å². The first-order valence-electron chi connectivity index (χ1n) is 5.94. The van der Waals surface area contributed by atoms with Gasteiger partial charge < -0.3 is 10.8 Å². The molecule has 3 N–H and O–H groups in total. The number of halogens is 3. The molecule has 2 atom stereocenters. The SMILES string of the molecule is CCC(N)C(CCO)c1ccccc1C(F)(F)F.